The summed E-state index contributed by atoms with van der Waals surface area (Å²) in [5.41, 5.74) is 1.07. The Hall–Kier alpha value is -2.38. The van der Waals surface area contributed by atoms with Crippen LogP contribution < -0.4 is 9.80 Å². The van der Waals surface area contributed by atoms with Crippen LogP contribution in [0.1, 0.15) is 18.4 Å². The van der Waals surface area contributed by atoms with E-state index >= 15 is 0 Å². The smallest absolute Gasteiger partial charge is 0.242 e. The van der Waals surface area contributed by atoms with E-state index in [1.54, 1.807) is 6.33 Å². The number of carbonyl (C=O) groups is 1. The molecule has 0 aliphatic carbocycles. The fourth-order valence-electron chi connectivity index (χ4n) is 3.99. The van der Waals surface area contributed by atoms with E-state index in [-0.39, 0.29) is 12.5 Å². The third-order valence-electron chi connectivity index (χ3n) is 5.67. The van der Waals surface area contributed by atoms with Gasteiger partial charge in [-0.25, -0.2) is 9.97 Å². The van der Waals surface area contributed by atoms with E-state index in [1.165, 1.54) is 0 Å². The second-order valence-electron chi connectivity index (χ2n) is 7.73. The molecule has 4 rings (SSSR count). The first-order valence-corrected chi connectivity index (χ1v) is 10.4. The highest BCUT2D eigenvalue weighted by Gasteiger charge is 2.26. The summed E-state index contributed by atoms with van der Waals surface area (Å²) in [6.45, 7) is 4.23. The van der Waals surface area contributed by atoms with Gasteiger partial charge in [0.15, 0.2) is 0 Å². The number of benzene rings is 1. The molecule has 1 unspecified atom stereocenters. The molecule has 3 heterocycles. The Morgan fingerprint density at radius 3 is 2.55 bits per heavy atom. The van der Waals surface area contributed by atoms with Crippen LogP contribution in [0.2, 0.25) is 5.02 Å². The Labute approximate surface area is 175 Å². The van der Waals surface area contributed by atoms with Crippen molar-refractivity contribution >= 4 is 29.1 Å². The summed E-state index contributed by atoms with van der Waals surface area (Å²) >= 11 is 5.94. The van der Waals surface area contributed by atoms with Crippen molar-refractivity contribution < 1.29 is 9.90 Å². The second kappa shape index (κ2) is 8.97. The number of anilines is 2. The third-order valence-corrected chi connectivity index (χ3v) is 5.92. The zero-order chi connectivity index (χ0) is 20.2. The van der Waals surface area contributed by atoms with Gasteiger partial charge in [-0.2, -0.15) is 0 Å². The SMILES string of the molecule is O=C1CN(c2cc(N3CCCC(CO)C3)ncn2)CCN1Cc1ccc(Cl)cc1. The van der Waals surface area contributed by atoms with Crippen LogP contribution in [0.15, 0.2) is 36.7 Å². The molecule has 1 atom stereocenters. The van der Waals surface area contributed by atoms with Gasteiger partial charge in [-0.05, 0) is 36.5 Å². The van der Waals surface area contributed by atoms with Crippen molar-refractivity contribution in [3.05, 3.63) is 47.2 Å². The summed E-state index contributed by atoms with van der Waals surface area (Å²) in [7, 11) is 0. The Morgan fingerprint density at radius 1 is 1.07 bits per heavy atom. The van der Waals surface area contributed by atoms with Crippen LogP contribution in [0, 0.1) is 5.92 Å². The molecule has 0 radical (unpaired) electrons. The second-order valence-corrected chi connectivity index (χ2v) is 8.17. The molecule has 7 nitrogen and oxygen atoms in total. The average molecular weight is 416 g/mol. The van der Waals surface area contributed by atoms with Crippen molar-refractivity contribution in [2.24, 2.45) is 5.92 Å². The Kier molecular flexibility index (Phi) is 6.16. The normalized spacial score (nSPS) is 20.3. The van der Waals surface area contributed by atoms with Crippen molar-refractivity contribution in [1.82, 2.24) is 14.9 Å². The van der Waals surface area contributed by atoms with Gasteiger partial charge in [0.25, 0.3) is 0 Å². The van der Waals surface area contributed by atoms with Gasteiger partial charge in [-0.3, -0.25) is 4.79 Å². The topological polar surface area (TPSA) is 72.8 Å². The predicted molar refractivity (Wildman–Crippen MR) is 113 cm³/mol. The van der Waals surface area contributed by atoms with Gasteiger partial charge in [-0.1, -0.05) is 23.7 Å². The minimum absolute atomic E-state index is 0.0877. The van der Waals surface area contributed by atoms with Gasteiger partial charge < -0.3 is 19.8 Å². The summed E-state index contributed by atoms with van der Waals surface area (Å²) in [4.78, 5) is 27.6. The largest absolute Gasteiger partial charge is 0.396 e. The molecule has 29 heavy (non-hydrogen) atoms. The van der Waals surface area contributed by atoms with E-state index in [0.717, 1.165) is 49.7 Å². The minimum Gasteiger partial charge on any atom is -0.396 e. The Morgan fingerprint density at radius 2 is 1.83 bits per heavy atom. The molecule has 1 amide bonds. The summed E-state index contributed by atoms with van der Waals surface area (Å²) in [6, 6.07) is 9.57. The molecule has 0 bridgehead atoms. The molecule has 2 fully saturated rings. The van der Waals surface area contributed by atoms with Gasteiger partial charge in [-0.15, -0.1) is 0 Å². The van der Waals surface area contributed by atoms with E-state index in [1.807, 2.05) is 40.1 Å². The van der Waals surface area contributed by atoms with Crippen LogP contribution >= 0.6 is 11.6 Å². The standard InChI is InChI=1S/C21H26ClN5O2/c22-18-5-3-16(4-6-18)11-27-9-8-26(13-21(27)29)20-10-19(23-15-24-20)25-7-1-2-17(12-25)14-28/h3-6,10,15,17,28H,1-2,7-9,11-14H2. The van der Waals surface area contributed by atoms with Crippen LogP contribution in [0.5, 0.6) is 0 Å². The molecule has 2 aliphatic rings. The van der Waals surface area contributed by atoms with E-state index in [4.69, 9.17) is 11.6 Å². The lowest BCUT2D eigenvalue weighted by atomic mass is 9.99. The van der Waals surface area contributed by atoms with Gasteiger partial charge in [0.2, 0.25) is 5.91 Å². The van der Waals surface area contributed by atoms with Gasteiger partial charge in [0.05, 0.1) is 6.54 Å². The first kappa shape index (κ1) is 19.9. The lowest BCUT2D eigenvalue weighted by molar-refractivity contribution is -0.131. The van der Waals surface area contributed by atoms with Crippen molar-refractivity contribution in [3.8, 4) is 0 Å². The van der Waals surface area contributed by atoms with Crippen LogP contribution in [0.3, 0.4) is 0 Å². The molecular formula is C21H26ClN5O2. The minimum atomic E-state index is 0.0877. The summed E-state index contributed by atoms with van der Waals surface area (Å²) in [5, 5.41) is 10.2. The molecule has 1 aromatic heterocycles. The maximum Gasteiger partial charge on any atom is 0.242 e. The molecule has 2 aromatic rings. The molecule has 0 saturated carbocycles. The Balaban J connectivity index is 1.40. The number of piperidine rings is 1. The lowest BCUT2D eigenvalue weighted by Crippen LogP contribution is -2.50. The molecular weight excluding hydrogens is 390 g/mol. The summed E-state index contributed by atoms with van der Waals surface area (Å²) in [5.74, 6) is 2.02. The number of piperazine rings is 1. The number of aliphatic hydroxyl groups is 1. The first-order chi connectivity index (χ1) is 14.1. The average Bonchev–Trinajstić information content (AvgIpc) is 2.77. The van der Waals surface area contributed by atoms with Crippen LogP contribution in [0.25, 0.3) is 0 Å². The highest BCUT2D eigenvalue weighted by atomic mass is 35.5. The van der Waals surface area contributed by atoms with Crippen molar-refractivity contribution in [1.29, 1.82) is 0 Å². The van der Waals surface area contributed by atoms with E-state index < -0.39 is 0 Å². The summed E-state index contributed by atoms with van der Waals surface area (Å²) < 4.78 is 0. The number of carbonyl (C=O) groups excluding carboxylic acids is 1. The first-order valence-electron chi connectivity index (χ1n) is 10.1. The number of hydrogen-bond acceptors (Lipinski definition) is 6. The fourth-order valence-corrected chi connectivity index (χ4v) is 4.11. The van der Waals surface area contributed by atoms with E-state index in [0.29, 0.717) is 30.6 Å². The number of nitrogens with zero attached hydrogens (tertiary/aromatic N) is 5. The highest BCUT2D eigenvalue weighted by Crippen LogP contribution is 2.24. The maximum absolute atomic E-state index is 12.7. The quantitative estimate of drug-likeness (QED) is 0.807. The van der Waals surface area contributed by atoms with E-state index in [2.05, 4.69) is 14.9 Å². The molecule has 2 saturated heterocycles. The van der Waals surface area contributed by atoms with Crippen molar-refractivity contribution in [2.75, 3.05) is 49.1 Å². The molecule has 8 heteroatoms. The van der Waals surface area contributed by atoms with Gasteiger partial charge in [0.1, 0.15) is 18.0 Å². The predicted octanol–water partition coefficient (Wildman–Crippen LogP) is 2.19. The Bertz CT molecular complexity index is 847. The van der Waals surface area contributed by atoms with Crippen molar-refractivity contribution in [2.45, 2.75) is 19.4 Å². The highest BCUT2D eigenvalue weighted by molar-refractivity contribution is 6.30. The number of amides is 1. The molecule has 1 aromatic carbocycles. The monoisotopic (exact) mass is 415 g/mol. The van der Waals surface area contributed by atoms with Gasteiger partial charge in [0, 0.05) is 50.4 Å². The zero-order valence-corrected chi connectivity index (χ0v) is 17.1. The fraction of sp³-hybridized carbons (Fsp3) is 0.476. The van der Waals surface area contributed by atoms with Gasteiger partial charge >= 0.3 is 0 Å². The molecule has 2 aliphatic heterocycles. The van der Waals surface area contributed by atoms with Crippen molar-refractivity contribution in [3.63, 3.8) is 0 Å². The van der Waals surface area contributed by atoms with Crippen LogP contribution in [0.4, 0.5) is 11.6 Å². The lowest BCUT2D eigenvalue weighted by Gasteiger charge is -2.36. The third kappa shape index (κ3) is 4.79. The van der Waals surface area contributed by atoms with Crippen LogP contribution in [-0.2, 0) is 11.3 Å². The van der Waals surface area contributed by atoms with Crippen LogP contribution in [-0.4, -0.2) is 65.2 Å². The number of aliphatic hydroxyl groups excluding tert-OH is 1. The maximum atomic E-state index is 12.7. The molecule has 154 valence electrons. The summed E-state index contributed by atoms with van der Waals surface area (Å²) in [6.07, 6.45) is 3.67. The number of hydrogen-bond donors (Lipinski definition) is 1. The number of rotatable bonds is 5. The molecule has 0 spiro atoms. The number of halogens is 1. The molecule has 1 N–H and O–H groups in total. The zero-order valence-electron chi connectivity index (χ0n) is 16.4. The van der Waals surface area contributed by atoms with E-state index in [9.17, 15) is 9.90 Å². The number of aromatic nitrogens is 2.